The smallest absolute Gasteiger partial charge is 0.238 e. The molecule has 1 amide bonds. The molecule has 5 nitrogen and oxygen atoms in total. The normalized spacial score (nSPS) is 23.3. The van der Waals surface area contributed by atoms with Crippen LogP contribution in [0.3, 0.4) is 0 Å². The van der Waals surface area contributed by atoms with Crippen LogP contribution in [0, 0.1) is 5.92 Å². The van der Waals surface area contributed by atoms with Crippen molar-refractivity contribution in [1.29, 1.82) is 0 Å². The Bertz CT molecular complexity index is 326. The third-order valence-electron chi connectivity index (χ3n) is 4.03. The third kappa shape index (κ3) is 5.63. The Hall–Kier alpha value is -0.880. The fraction of sp³-hybridized carbons (Fsp3) is 0.857. The minimum absolute atomic E-state index is 0.0261. The number of hydrazine groups is 1. The molecule has 6 heteroatoms. The van der Waals surface area contributed by atoms with Gasteiger partial charge in [0, 0.05) is 19.6 Å². The number of nitrogens with one attached hydrogen (secondary N) is 3. The summed E-state index contributed by atoms with van der Waals surface area (Å²) in [6, 6.07) is 0. The lowest BCUT2D eigenvalue weighted by molar-refractivity contribution is -0.122. The summed E-state index contributed by atoms with van der Waals surface area (Å²) < 4.78 is 5.49. The van der Waals surface area contributed by atoms with Crippen LogP contribution in [0.4, 0.5) is 0 Å². The Kier molecular flexibility index (Phi) is 6.53. The number of hydrogen-bond acceptors (Lipinski definition) is 3. The summed E-state index contributed by atoms with van der Waals surface area (Å²) in [6.45, 7) is 1.54. The molecule has 2 fully saturated rings. The zero-order valence-electron chi connectivity index (χ0n) is 12.0. The van der Waals surface area contributed by atoms with Crippen molar-refractivity contribution >= 4 is 23.2 Å². The highest BCUT2D eigenvalue weighted by molar-refractivity contribution is 7.80. The first-order valence-corrected chi connectivity index (χ1v) is 8.09. The van der Waals surface area contributed by atoms with Crippen LogP contribution in [0.15, 0.2) is 0 Å². The molecule has 1 heterocycles. The molecule has 1 atom stereocenters. The van der Waals surface area contributed by atoms with E-state index in [0.29, 0.717) is 24.0 Å². The quantitative estimate of drug-likeness (QED) is 0.544. The summed E-state index contributed by atoms with van der Waals surface area (Å²) in [5.41, 5.74) is 5.43. The van der Waals surface area contributed by atoms with Crippen molar-refractivity contribution in [3.05, 3.63) is 0 Å². The zero-order chi connectivity index (χ0) is 14.2. The highest BCUT2D eigenvalue weighted by Crippen LogP contribution is 2.25. The largest absolute Gasteiger partial charge is 0.376 e. The molecule has 1 aliphatic heterocycles. The summed E-state index contributed by atoms with van der Waals surface area (Å²) in [5, 5.41) is 3.52. The van der Waals surface area contributed by atoms with E-state index in [1.165, 1.54) is 32.1 Å². The predicted molar refractivity (Wildman–Crippen MR) is 82.0 cm³/mol. The van der Waals surface area contributed by atoms with Crippen molar-refractivity contribution in [2.75, 3.05) is 13.2 Å². The first-order valence-electron chi connectivity index (χ1n) is 7.68. The minimum Gasteiger partial charge on any atom is -0.376 e. The number of carbonyl (C=O) groups excluding carboxylic acids is 1. The zero-order valence-corrected chi connectivity index (χ0v) is 12.8. The summed E-state index contributed by atoms with van der Waals surface area (Å²) in [5.74, 6) is 0.567. The molecule has 0 aromatic heterocycles. The van der Waals surface area contributed by atoms with Gasteiger partial charge in [0.15, 0.2) is 5.11 Å². The highest BCUT2D eigenvalue weighted by Gasteiger charge is 2.17. The van der Waals surface area contributed by atoms with E-state index in [1.54, 1.807) is 0 Å². The van der Waals surface area contributed by atoms with Crippen LogP contribution in [0.2, 0.25) is 0 Å². The molecule has 0 aromatic carbocycles. The van der Waals surface area contributed by atoms with E-state index in [9.17, 15) is 4.79 Å². The Morgan fingerprint density at radius 1 is 1.10 bits per heavy atom. The van der Waals surface area contributed by atoms with Crippen molar-refractivity contribution < 1.29 is 9.53 Å². The lowest BCUT2D eigenvalue weighted by Crippen LogP contribution is -2.48. The first-order chi connectivity index (χ1) is 9.74. The molecule has 0 aromatic rings. The molecular weight excluding hydrogens is 274 g/mol. The van der Waals surface area contributed by atoms with Crippen LogP contribution >= 0.6 is 12.2 Å². The van der Waals surface area contributed by atoms with Crippen LogP contribution in [-0.2, 0) is 9.53 Å². The molecule has 114 valence electrons. The maximum atomic E-state index is 11.8. The predicted octanol–water partition coefficient (Wildman–Crippen LogP) is 1.63. The molecule has 1 saturated carbocycles. The Balaban J connectivity index is 1.53. The van der Waals surface area contributed by atoms with Crippen molar-refractivity contribution in [3.8, 4) is 0 Å². The van der Waals surface area contributed by atoms with Gasteiger partial charge in [-0.15, -0.1) is 0 Å². The van der Waals surface area contributed by atoms with E-state index in [1.807, 2.05) is 0 Å². The number of hydrogen-bond donors (Lipinski definition) is 3. The van der Waals surface area contributed by atoms with Gasteiger partial charge < -0.3 is 10.1 Å². The minimum atomic E-state index is 0.0261. The highest BCUT2D eigenvalue weighted by atomic mass is 32.1. The van der Waals surface area contributed by atoms with E-state index in [4.69, 9.17) is 17.0 Å². The second-order valence-electron chi connectivity index (χ2n) is 5.73. The van der Waals surface area contributed by atoms with Gasteiger partial charge >= 0.3 is 0 Å². The number of amides is 1. The Morgan fingerprint density at radius 3 is 2.60 bits per heavy atom. The van der Waals surface area contributed by atoms with Crippen molar-refractivity contribution in [2.45, 2.75) is 57.5 Å². The molecule has 1 aliphatic carbocycles. The number of thiocarbonyl (C=S) groups is 1. The maximum Gasteiger partial charge on any atom is 0.238 e. The molecule has 0 radical (unpaired) electrons. The second kappa shape index (κ2) is 8.42. The molecule has 3 N–H and O–H groups in total. The van der Waals surface area contributed by atoms with Gasteiger partial charge in [-0.25, -0.2) is 0 Å². The van der Waals surface area contributed by atoms with Crippen LogP contribution in [0.25, 0.3) is 0 Å². The van der Waals surface area contributed by atoms with Gasteiger partial charge in [0.05, 0.1) is 6.10 Å². The summed E-state index contributed by atoms with van der Waals surface area (Å²) in [4.78, 5) is 11.8. The monoisotopic (exact) mass is 299 g/mol. The Labute approximate surface area is 126 Å². The Morgan fingerprint density at radius 2 is 1.90 bits per heavy atom. The van der Waals surface area contributed by atoms with E-state index in [-0.39, 0.29) is 12.0 Å². The van der Waals surface area contributed by atoms with Crippen molar-refractivity contribution in [3.63, 3.8) is 0 Å². The molecular formula is C14H25N3O2S. The van der Waals surface area contributed by atoms with Gasteiger partial charge in [-0.05, 0) is 43.8 Å². The van der Waals surface area contributed by atoms with Crippen molar-refractivity contribution in [2.24, 2.45) is 5.92 Å². The van der Waals surface area contributed by atoms with Crippen LogP contribution in [-0.4, -0.2) is 30.3 Å². The van der Waals surface area contributed by atoms with Crippen molar-refractivity contribution in [1.82, 2.24) is 16.2 Å². The maximum absolute atomic E-state index is 11.8. The van der Waals surface area contributed by atoms with E-state index in [0.717, 1.165) is 19.4 Å². The lowest BCUT2D eigenvalue weighted by Gasteiger charge is -2.21. The molecule has 0 bridgehead atoms. The van der Waals surface area contributed by atoms with E-state index >= 15 is 0 Å². The van der Waals surface area contributed by atoms with Gasteiger partial charge in [0.25, 0.3) is 0 Å². The molecule has 0 spiro atoms. The average Bonchev–Trinajstić information content (AvgIpc) is 2.97. The van der Waals surface area contributed by atoms with Crippen LogP contribution in [0.1, 0.15) is 51.4 Å². The SMILES string of the molecule is O=C(CC1CCCCC1)NNC(=S)NC[C@H]1CCCO1. The fourth-order valence-corrected chi connectivity index (χ4v) is 3.02. The molecule has 1 saturated heterocycles. The van der Waals surface area contributed by atoms with Gasteiger partial charge in [-0.1, -0.05) is 19.3 Å². The van der Waals surface area contributed by atoms with Gasteiger partial charge in [-0.2, -0.15) is 0 Å². The number of carbonyl (C=O) groups is 1. The van der Waals surface area contributed by atoms with Gasteiger partial charge in [-0.3, -0.25) is 15.6 Å². The summed E-state index contributed by atoms with van der Waals surface area (Å²) in [7, 11) is 0. The average molecular weight is 299 g/mol. The van der Waals surface area contributed by atoms with Gasteiger partial charge in [0.2, 0.25) is 5.91 Å². The van der Waals surface area contributed by atoms with E-state index in [2.05, 4.69) is 16.2 Å². The molecule has 2 rings (SSSR count). The topological polar surface area (TPSA) is 62.4 Å². The third-order valence-corrected chi connectivity index (χ3v) is 4.27. The van der Waals surface area contributed by atoms with Crippen LogP contribution < -0.4 is 16.2 Å². The molecule has 0 unspecified atom stereocenters. The lowest BCUT2D eigenvalue weighted by atomic mass is 9.87. The number of rotatable bonds is 4. The first kappa shape index (κ1) is 15.5. The standard InChI is InChI=1S/C14H25N3O2S/c18-13(9-11-5-2-1-3-6-11)16-17-14(20)15-10-12-7-4-8-19-12/h11-12H,1-10H2,(H,16,18)(H2,15,17,20)/t12-/m1/s1. The van der Waals surface area contributed by atoms with Crippen LogP contribution in [0.5, 0.6) is 0 Å². The summed E-state index contributed by atoms with van der Waals surface area (Å²) >= 11 is 5.12. The molecule has 20 heavy (non-hydrogen) atoms. The van der Waals surface area contributed by atoms with E-state index < -0.39 is 0 Å². The number of ether oxygens (including phenoxy) is 1. The van der Waals surface area contributed by atoms with Gasteiger partial charge in [0.1, 0.15) is 0 Å². The second-order valence-corrected chi connectivity index (χ2v) is 6.13. The summed E-state index contributed by atoms with van der Waals surface area (Å²) in [6.07, 6.45) is 9.21. The fourth-order valence-electron chi connectivity index (χ4n) is 2.89. The molecule has 2 aliphatic rings.